The average Bonchev–Trinajstić information content (AvgIpc) is 2.37. The van der Waals surface area contributed by atoms with Gasteiger partial charge in [-0.15, -0.1) is 0 Å². The molecule has 0 aromatic heterocycles. The number of likely N-dealkylation sites (N-methyl/N-ethyl adjacent to an activating group) is 1. The second-order valence-corrected chi connectivity index (χ2v) is 4.50. The molecule has 0 spiro atoms. The van der Waals surface area contributed by atoms with Gasteiger partial charge in [0.05, 0.1) is 6.61 Å². The van der Waals surface area contributed by atoms with Gasteiger partial charge in [-0.1, -0.05) is 25.1 Å². The van der Waals surface area contributed by atoms with Gasteiger partial charge in [0.2, 0.25) is 6.41 Å². The highest BCUT2D eigenvalue weighted by Gasteiger charge is 2.53. The van der Waals surface area contributed by atoms with Crippen LogP contribution in [0.25, 0.3) is 0 Å². The van der Waals surface area contributed by atoms with E-state index in [1.807, 2.05) is 0 Å². The minimum Gasteiger partial charge on any atom is -0.493 e. The van der Waals surface area contributed by atoms with Crippen LogP contribution in [0.2, 0.25) is 0 Å². The minimum atomic E-state index is -1.36. The minimum absolute atomic E-state index is 0.265. The lowest BCUT2D eigenvalue weighted by molar-refractivity contribution is -0.161. The Hall–Kier alpha value is -2.04. The van der Waals surface area contributed by atoms with Crippen LogP contribution in [0.1, 0.15) is 12.5 Å². The van der Waals surface area contributed by atoms with Gasteiger partial charge in [0.25, 0.3) is 0 Å². The summed E-state index contributed by atoms with van der Waals surface area (Å²) in [5.74, 6) is -0.854. The van der Waals surface area contributed by atoms with E-state index in [1.165, 1.54) is 11.9 Å². The molecule has 2 rings (SSSR count). The van der Waals surface area contributed by atoms with Crippen LogP contribution < -0.4 is 4.74 Å². The average molecular weight is 249 g/mol. The first-order chi connectivity index (χ1) is 8.55. The van der Waals surface area contributed by atoms with Crippen molar-refractivity contribution >= 4 is 12.4 Å². The number of carbonyl (C=O) groups excluding carboxylic acids is 1. The fourth-order valence-corrected chi connectivity index (χ4v) is 2.61. The molecule has 96 valence electrons. The van der Waals surface area contributed by atoms with Gasteiger partial charge in [-0.3, -0.25) is 4.79 Å². The Morgan fingerprint density at radius 1 is 1.56 bits per heavy atom. The van der Waals surface area contributed by atoms with E-state index in [0.29, 0.717) is 17.7 Å². The van der Waals surface area contributed by atoms with Crippen molar-refractivity contribution in [3.05, 3.63) is 29.8 Å². The largest absolute Gasteiger partial charge is 0.493 e. The quantitative estimate of drug-likeness (QED) is 0.814. The van der Waals surface area contributed by atoms with Crippen LogP contribution in [0.15, 0.2) is 24.3 Å². The normalized spacial score (nSPS) is 25.8. The third-order valence-corrected chi connectivity index (χ3v) is 3.54. The summed E-state index contributed by atoms with van der Waals surface area (Å²) in [4.78, 5) is 24.1. The molecule has 2 unspecified atom stereocenters. The van der Waals surface area contributed by atoms with E-state index in [0.717, 1.165) is 0 Å². The first kappa shape index (κ1) is 12.4. The van der Waals surface area contributed by atoms with Crippen molar-refractivity contribution in [2.75, 3.05) is 13.7 Å². The number of fused-ring (bicyclic) bond motifs is 1. The van der Waals surface area contributed by atoms with E-state index in [1.54, 1.807) is 31.2 Å². The predicted octanol–water partition coefficient (Wildman–Crippen LogP) is 1.08. The number of nitrogens with zero attached hydrogens (tertiary/aromatic N) is 1. The SMILES string of the molecule is CC1COc2ccccc2C1(C(=O)O)N(C)C=O. The molecule has 1 heterocycles. The third-order valence-electron chi connectivity index (χ3n) is 3.54. The maximum Gasteiger partial charge on any atom is 0.334 e. The van der Waals surface area contributed by atoms with Gasteiger partial charge in [-0.2, -0.15) is 0 Å². The summed E-state index contributed by atoms with van der Waals surface area (Å²) >= 11 is 0. The molecule has 0 saturated carbocycles. The second kappa shape index (κ2) is 4.33. The molecule has 1 amide bonds. The highest BCUT2D eigenvalue weighted by molar-refractivity contribution is 5.85. The van der Waals surface area contributed by atoms with Crippen molar-refractivity contribution < 1.29 is 19.4 Å². The Kier molecular flexibility index (Phi) is 2.98. The fraction of sp³-hybridized carbons (Fsp3) is 0.385. The maximum atomic E-state index is 11.8. The summed E-state index contributed by atoms with van der Waals surface area (Å²) in [5.41, 5.74) is -0.845. The van der Waals surface area contributed by atoms with Gasteiger partial charge in [0, 0.05) is 18.5 Å². The van der Waals surface area contributed by atoms with E-state index in [4.69, 9.17) is 4.74 Å². The van der Waals surface area contributed by atoms with Crippen molar-refractivity contribution in [2.24, 2.45) is 5.92 Å². The lowest BCUT2D eigenvalue weighted by atomic mass is 9.76. The maximum absolute atomic E-state index is 11.8. The van der Waals surface area contributed by atoms with Crippen molar-refractivity contribution in [1.29, 1.82) is 0 Å². The fourth-order valence-electron chi connectivity index (χ4n) is 2.61. The van der Waals surface area contributed by atoms with Crippen LogP contribution in [0.5, 0.6) is 5.75 Å². The monoisotopic (exact) mass is 249 g/mol. The van der Waals surface area contributed by atoms with Crippen LogP contribution in [0.4, 0.5) is 0 Å². The number of hydrogen-bond donors (Lipinski definition) is 1. The van der Waals surface area contributed by atoms with Crippen LogP contribution in [-0.2, 0) is 15.1 Å². The molecule has 1 aromatic rings. The molecule has 0 radical (unpaired) electrons. The first-order valence-electron chi connectivity index (χ1n) is 5.69. The van der Waals surface area contributed by atoms with E-state index < -0.39 is 11.5 Å². The lowest BCUT2D eigenvalue weighted by Gasteiger charge is -2.44. The Balaban J connectivity index is 2.71. The van der Waals surface area contributed by atoms with Crippen molar-refractivity contribution in [1.82, 2.24) is 4.90 Å². The molecule has 1 aliphatic heterocycles. The van der Waals surface area contributed by atoms with Gasteiger partial charge >= 0.3 is 5.97 Å². The Labute approximate surface area is 105 Å². The number of carboxylic acid groups (broad SMARTS) is 1. The summed E-state index contributed by atoms with van der Waals surface area (Å²) in [7, 11) is 1.49. The first-order valence-corrected chi connectivity index (χ1v) is 5.69. The summed E-state index contributed by atoms with van der Waals surface area (Å²) in [6.07, 6.45) is 0.548. The Morgan fingerprint density at radius 3 is 2.83 bits per heavy atom. The number of amides is 1. The van der Waals surface area contributed by atoms with E-state index >= 15 is 0 Å². The highest BCUT2D eigenvalue weighted by Crippen LogP contribution is 2.43. The number of carbonyl (C=O) groups is 2. The molecule has 0 aliphatic carbocycles. The molecule has 0 saturated heterocycles. The number of hydrogen-bond acceptors (Lipinski definition) is 3. The molecule has 0 fully saturated rings. The van der Waals surface area contributed by atoms with Crippen LogP contribution >= 0.6 is 0 Å². The van der Waals surface area contributed by atoms with E-state index in [-0.39, 0.29) is 12.5 Å². The van der Waals surface area contributed by atoms with Crippen LogP contribution in [0.3, 0.4) is 0 Å². The van der Waals surface area contributed by atoms with Crippen LogP contribution in [-0.4, -0.2) is 36.0 Å². The standard InChI is InChI=1S/C13H15NO4/c1-9-7-18-11-6-4-3-5-10(11)13(9,12(16)17)14(2)8-15/h3-6,8-9H,7H2,1-2H3,(H,16,17). The molecule has 18 heavy (non-hydrogen) atoms. The smallest absolute Gasteiger partial charge is 0.334 e. The number of carboxylic acids is 1. The Morgan fingerprint density at radius 2 is 2.22 bits per heavy atom. The molecule has 2 atom stereocenters. The van der Waals surface area contributed by atoms with Gasteiger partial charge in [-0.05, 0) is 6.07 Å². The summed E-state index contributed by atoms with van der Waals surface area (Å²) in [6.45, 7) is 2.03. The van der Waals surface area contributed by atoms with Crippen molar-refractivity contribution in [2.45, 2.75) is 12.5 Å². The van der Waals surface area contributed by atoms with Gasteiger partial charge < -0.3 is 14.7 Å². The predicted molar refractivity (Wildman–Crippen MR) is 64.2 cm³/mol. The molecular weight excluding hydrogens is 234 g/mol. The van der Waals surface area contributed by atoms with Crippen molar-refractivity contribution in [3.8, 4) is 5.75 Å². The Bertz CT molecular complexity index is 488. The molecule has 1 aromatic carbocycles. The zero-order valence-electron chi connectivity index (χ0n) is 10.3. The summed E-state index contributed by atoms with van der Waals surface area (Å²) in [6, 6.07) is 6.94. The highest BCUT2D eigenvalue weighted by atomic mass is 16.5. The molecule has 1 N–H and O–H groups in total. The number of benzene rings is 1. The summed E-state index contributed by atoms with van der Waals surface area (Å²) < 4.78 is 5.53. The third kappa shape index (κ3) is 1.47. The van der Waals surface area contributed by atoms with Gasteiger partial charge in [0.15, 0.2) is 5.54 Å². The number of ether oxygens (including phenoxy) is 1. The van der Waals surface area contributed by atoms with Crippen molar-refractivity contribution in [3.63, 3.8) is 0 Å². The lowest BCUT2D eigenvalue weighted by Crippen LogP contribution is -2.57. The van der Waals surface area contributed by atoms with Gasteiger partial charge in [-0.25, -0.2) is 4.79 Å². The summed E-state index contributed by atoms with van der Waals surface area (Å²) in [5, 5.41) is 9.65. The van der Waals surface area contributed by atoms with Gasteiger partial charge in [0.1, 0.15) is 5.75 Å². The second-order valence-electron chi connectivity index (χ2n) is 4.50. The zero-order valence-corrected chi connectivity index (χ0v) is 10.3. The molecule has 0 bridgehead atoms. The number of para-hydroxylation sites is 1. The zero-order chi connectivity index (χ0) is 13.3. The van der Waals surface area contributed by atoms with Crippen LogP contribution in [0, 0.1) is 5.92 Å². The molecule has 5 nitrogen and oxygen atoms in total. The molecule has 1 aliphatic rings. The number of rotatable bonds is 3. The van der Waals surface area contributed by atoms with E-state index in [9.17, 15) is 14.7 Å². The molecule has 5 heteroatoms. The molecular formula is C13H15NO4. The topological polar surface area (TPSA) is 66.8 Å². The number of aliphatic carboxylic acids is 1. The van der Waals surface area contributed by atoms with E-state index in [2.05, 4.69) is 0 Å².